The summed E-state index contributed by atoms with van der Waals surface area (Å²) in [5, 5.41) is 5.14. The van der Waals surface area contributed by atoms with E-state index in [1.165, 1.54) is 11.3 Å². The van der Waals surface area contributed by atoms with Gasteiger partial charge >= 0.3 is 0 Å². The van der Waals surface area contributed by atoms with Crippen molar-refractivity contribution in [3.8, 4) is 0 Å². The predicted molar refractivity (Wildman–Crippen MR) is 75.7 cm³/mol. The first-order valence-electron chi connectivity index (χ1n) is 4.91. The van der Waals surface area contributed by atoms with Crippen LogP contribution in [0.2, 0.25) is 5.02 Å². The Hall–Kier alpha value is -0.970. The van der Waals surface area contributed by atoms with E-state index in [9.17, 15) is 4.79 Å². The highest BCUT2D eigenvalue weighted by molar-refractivity contribution is 7.80. The van der Waals surface area contributed by atoms with Gasteiger partial charge in [0, 0.05) is 10.3 Å². The standard InChI is InChI=1S/C12H10ClNOS2/c1-7-2-3-9(13)10(4-7)14-12(15)11-5-8(16)6-17-11/h2-6,16H,1H3,(H,14,15). The van der Waals surface area contributed by atoms with E-state index in [0.29, 0.717) is 15.6 Å². The van der Waals surface area contributed by atoms with Gasteiger partial charge in [-0.2, -0.15) is 0 Å². The minimum atomic E-state index is -0.164. The number of anilines is 1. The van der Waals surface area contributed by atoms with E-state index < -0.39 is 0 Å². The highest BCUT2D eigenvalue weighted by Gasteiger charge is 2.10. The molecule has 1 heterocycles. The maximum Gasteiger partial charge on any atom is 0.265 e. The number of benzene rings is 1. The smallest absolute Gasteiger partial charge is 0.265 e. The van der Waals surface area contributed by atoms with Gasteiger partial charge in [-0.05, 0) is 30.7 Å². The van der Waals surface area contributed by atoms with Crippen LogP contribution in [0, 0.1) is 6.92 Å². The van der Waals surface area contributed by atoms with Crippen LogP contribution in [0.15, 0.2) is 34.5 Å². The van der Waals surface area contributed by atoms with Crippen molar-refractivity contribution in [2.24, 2.45) is 0 Å². The molecule has 1 amide bonds. The lowest BCUT2D eigenvalue weighted by Gasteiger charge is -2.06. The second-order valence-electron chi connectivity index (χ2n) is 3.61. The third-order valence-corrected chi connectivity index (χ3v) is 3.87. The molecule has 0 bridgehead atoms. The summed E-state index contributed by atoms with van der Waals surface area (Å²) < 4.78 is 0. The zero-order valence-corrected chi connectivity index (χ0v) is 11.5. The van der Waals surface area contributed by atoms with Crippen molar-refractivity contribution in [2.75, 3.05) is 5.32 Å². The number of halogens is 1. The van der Waals surface area contributed by atoms with Crippen molar-refractivity contribution in [2.45, 2.75) is 11.8 Å². The first-order chi connectivity index (χ1) is 8.06. The molecule has 0 radical (unpaired) electrons. The Balaban J connectivity index is 2.21. The molecule has 2 nitrogen and oxygen atoms in total. The number of carbonyl (C=O) groups excluding carboxylic acids is 1. The van der Waals surface area contributed by atoms with Crippen LogP contribution in [0.5, 0.6) is 0 Å². The second kappa shape index (κ2) is 5.12. The topological polar surface area (TPSA) is 29.1 Å². The third-order valence-electron chi connectivity index (χ3n) is 2.18. The largest absolute Gasteiger partial charge is 0.320 e. The van der Waals surface area contributed by atoms with E-state index in [-0.39, 0.29) is 5.91 Å². The van der Waals surface area contributed by atoms with Crippen molar-refractivity contribution in [1.82, 2.24) is 0 Å². The molecule has 0 spiro atoms. The average molecular weight is 284 g/mol. The number of thiol groups is 1. The molecule has 17 heavy (non-hydrogen) atoms. The fraction of sp³-hybridized carbons (Fsp3) is 0.0833. The molecule has 0 unspecified atom stereocenters. The predicted octanol–water partition coefficient (Wildman–Crippen LogP) is 4.25. The van der Waals surface area contributed by atoms with Gasteiger partial charge in [0.15, 0.2) is 0 Å². The molecular formula is C12H10ClNOS2. The maximum atomic E-state index is 11.9. The van der Waals surface area contributed by atoms with Crippen LogP contribution in [-0.2, 0) is 0 Å². The van der Waals surface area contributed by atoms with Gasteiger partial charge in [0.1, 0.15) is 0 Å². The van der Waals surface area contributed by atoms with E-state index in [0.717, 1.165) is 10.5 Å². The summed E-state index contributed by atoms with van der Waals surface area (Å²) in [6, 6.07) is 7.24. The minimum Gasteiger partial charge on any atom is -0.320 e. The summed E-state index contributed by atoms with van der Waals surface area (Å²) in [5.41, 5.74) is 1.68. The fourth-order valence-corrected chi connectivity index (χ4v) is 2.57. The Kier molecular flexibility index (Phi) is 3.76. The number of carbonyl (C=O) groups is 1. The van der Waals surface area contributed by atoms with E-state index >= 15 is 0 Å². The van der Waals surface area contributed by atoms with Crippen LogP contribution < -0.4 is 5.32 Å². The monoisotopic (exact) mass is 283 g/mol. The molecule has 0 aliphatic heterocycles. The molecule has 0 aliphatic carbocycles. The van der Waals surface area contributed by atoms with Crippen molar-refractivity contribution >= 4 is 47.2 Å². The normalized spacial score (nSPS) is 10.3. The second-order valence-corrected chi connectivity index (χ2v) is 5.44. The van der Waals surface area contributed by atoms with Crippen molar-refractivity contribution in [1.29, 1.82) is 0 Å². The summed E-state index contributed by atoms with van der Waals surface area (Å²) in [6.07, 6.45) is 0. The first-order valence-corrected chi connectivity index (χ1v) is 6.62. The molecule has 2 aromatic rings. The summed E-state index contributed by atoms with van der Waals surface area (Å²) in [4.78, 5) is 13.3. The Morgan fingerprint density at radius 3 is 2.82 bits per heavy atom. The molecule has 0 fully saturated rings. The van der Waals surface area contributed by atoms with Gasteiger partial charge < -0.3 is 5.32 Å². The lowest BCUT2D eigenvalue weighted by molar-refractivity contribution is 0.103. The fourth-order valence-electron chi connectivity index (χ4n) is 1.36. The van der Waals surface area contributed by atoms with E-state index in [1.807, 2.05) is 24.4 Å². The summed E-state index contributed by atoms with van der Waals surface area (Å²) >= 11 is 11.5. The number of rotatable bonds is 2. The van der Waals surface area contributed by atoms with Gasteiger partial charge in [0.2, 0.25) is 0 Å². The maximum absolute atomic E-state index is 11.9. The molecule has 0 aliphatic rings. The molecule has 88 valence electrons. The molecule has 0 saturated carbocycles. The van der Waals surface area contributed by atoms with Crippen molar-refractivity contribution in [3.63, 3.8) is 0 Å². The van der Waals surface area contributed by atoms with Crippen LogP contribution in [0.4, 0.5) is 5.69 Å². The molecule has 5 heteroatoms. The first kappa shape index (κ1) is 12.5. The van der Waals surface area contributed by atoms with E-state index in [2.05, 4.69) is 17.9 Å². The Morgan fingerprint density at radius 2 is 2.18 bits per heavy atom. The molecule has 1 aromatic heterocycles. The Bertz CT molecular complexity index is 565. The summed E-state index contributed by atoms with van der Waals surface area (Å²) in [6.45, 7) is 1.95. The number of nitrogens with one attached hydrogen (secondary N) is 1. The van der Waals surface area contributed by atoms with Gasteiger partial charge in [-0.15, -0.1) is 24.0 Å². The lowest BCUT2D eigenvalue weighted by atomic mass is 10.2. The number of aryl methyl sites for hydroxylation is 1. The van der Waals surface area contributed by atoms with Crippen LogP contribution >= 0.6 is 35.6 Å². The molecule has 0 saturated heterocycles. The zero-order chi connectivity index (χ0) is 12.4. The SMILES string of the molecule is Cc1ccc(Cl)c(NC(=O)c2cc(S)cs2)c1. The van der Waals surface area contributed by atoms with Gasteiger partial charge in [0.25, 0.3) is 5.91 Å². The lowest BCUT2D eigenvalue weighted by Crippen LogP contribution is -2.10. The highest BCUT2D eigenvalue weighted by atomic mass is 35.5. The van der Waals surface area contributed by atoms with Crippen molar-refractivity contribution in [3.05, 3.63) is 45.1 Å². The number of thiophene rings is 1. The van der Waals surface area contributed by atoms with Gasteiger partial charge in [-0.3, -0.25) is 4.79 Å². The van der Waals surface area contributed by atoms with Gasteiger partial charge in [-0.25, -0.2) is 0 Å². The average Bonchev–Trinajstić information content (AvgIpc) is 2.70. The third kappa shape index (κ3) is 3.03. The number of amides is 1. The quantitative estimate of drug-likeness (QED) is 0.793. The zero-order valence-electron chi connectivity index (χ0n) is 9.03. The number of hydrogen-bond acceptors (Lipinski definition) is 3. The number of hydrogen-bond donors (Lipinski definition) is 2. The molecule has 1 aromatic carbocycles. The van der Waals surface area contributed by atoms with Crippen LogP contribution in [0.1, 0.15) is 15.2 Å². The van der Waals surface area contributed by atoms with Crippen LogP contribution in [0.25, 0.3) is 0 Å². The summed E-state index contributed by atoms with van der Waals surface area (Å²) in [7, 11) is 0. The van der Waals surface area contributed by atoms with Gasteiger partial charge in [0.05, 0.1) is 15.6 Å². The molecular weight excluding hydrogens is 274 g/mol. The summed E-state index contributed by atoms with van der Waals surface area (Å²) in [5.74, 6) is -0.164. The Morgan fingerprint density at radius 1 is 1.41 bits per heavy atom. The minimum absolute atomic E-state index is 0.164. The van der Waals surface area contributed by atoms with Crippen LogP contribution in [-0.4, -0.2) is 5.91 Å². The molecule has 2 rings (SSSR count). The van der Waals surface area contributed by atoms with E-state index in [1.54, 1.807) is 12.1 Å². The Labute approximate surface area is 114 Å². The van der Waals surface area contributed by atoms with Gasteiger partial charge in [-0.1, -0.05) is 17.7 Å². The molecule has 1 N–H and O–H groups in total. The highest BCUT2D eigenvalue weighted by Crippen LogP contribution is 2.25. The van der Waals surface area contributed by atoms with Crippen molar-refractivity contribution < 1.29 is 4.79 Å². The molecule has 0 atom stereocenters. The van der Waals surface area contributed by atoms with Crippen LogP contribution in [0.3, 0.4) is 0 Å². The van der Waals surface area contributed by atoms with E-state index in [4.69, 9.17) is 11.6 Å².